The molecule has 0 aromatic carbocycles. The zero-order valence-corrected chi connectivity index (χ0v) is 8.32. The molecule has 0 spiro atoms. The Labute approximate surface area is 71.4 Å². The molecule has 0 atom stereocenters. The monoisotopic (exact) mass is 154 g/mol. The highest BCUT2D eigenvalue weighted by Crippen LogP contribution is 2.53. The molecule has 0 bridgehead atoms. The van der Waals surface area contributed by atoms with Crippen LogP contribution < -0.4 is 0 Å². The van der Waals surface area contributed by atoms with E-state index in [9.17, 15) is 0 Å². The average Bonchev–Trinajstić information content (AvgIpc) is 2.67. The lowest BCUT2D eigenvalue weighted by atomic mass is 9.91. The third-order valence-electron chi connectivity index (χ3n) is 2.99. The third-order valence-corrected chi connectivity index (χ3v) is 2.99. The summed E-state index contributed by atoms with van der Waals surface area (Å²) in [5.41, 5.74) is 0.832. The van der Waals surface area contributed by atoms with Gasteiger partial charge in [-0.05, 0) is 37.0 Å². The van der Waals surface area contributed by atoms with Crippen molar-refractivity contribution in [3.05, 3.63) is 0 Å². The largest absolute Gasteiger partial charge is 0.0654 e. The van der Waals surface area contributed by atoms with Gasteiger partial charge in [-0.3, -0.25) is 0 Å². The Morgan fingerprint density at radius 2 is 1.82 bits per heavy atom. The molecule has 0 unspecified atom stereocenters. The fourth-order valence-corrected chi connectivity index (χ4v) is 1.93. The Morgan fingerprint density at radius 1 is 1.18 bits per heavy atom. The molecule has 0 heteroatoms. The molecule has 0 radical (unpaired) electrons. The number of hydrogen-bond donors (Lipinski definition) is 0. The SMILES string of the molecule is CCCC1(CCC(C)C)CC1. The van der Waals surface area contributed by atoms with E-state index in [1.54, 1.807) is 0 Å². The molecule has 0 amide bonds. The summed E-state index contributed by atoms with van der Waals surface area (Å²) in [6.45, 7) is 6.99. The molecule has 0 aromatic heterocycles. The van der Waals surface area contributed by atoms with Crippen molar-refractivity contribution >= 4 is 0 Å². The predicted octanol–water partition coefficient (Wildman–Crippen LogP) is 4.00. The molecule has 0 saturated heterocycles. The Kier molecular flexibility index (Phi) is 2.98. The van der Waals surface area contributed by atoms with Gasteiger partial charge in [-0.15, -0.1) is 0 Å². The van der Waals surface area contributed by atoms with Crippen LogP contribution in [0.4, 0.5) is 0 Å². The molecule has 1 rings (SSSR count). The average molecular weight is 154 g/mol. The summed E-state index contributed by atoms with van der Waals surface area (Å²) >= 11 is 0. The Balaban J connectivity index is 2.14. The molecule has 0 N–H and O–H groups in total. The molecule has 0 aromatic rings. The normalized spacial score (nSPS) is 20.7. The first-order valence-electron chi connectivity index (χ1n) is 5.18. The maximum atomic E-state index is 2.34. The molecule has 0 aliphatic heterocycles. The lowest BCUT2D eigenvalue weighted by Gasteiger charge is -2.14. The highest BCUT2D eigenvalue weighted by atomic mass is 14.5. The van der Waals surface area contributed by atoms with Gasteiger partial charge in [0.25, 0.3) is 0 Å². The van der Waals surface area contributed by atoms with Gasteiger partial charge in [-0.2, -0.15) is 0 Å². The van der Waals surface area contributed by atoms with Crippen LogP contribution in [-0.4, -0.2) is 0 Å². The Morgan fingerprint density at radius 3 is 2.18 bits per heavy atom. The van der Waals surface area contributed by atoms with E-state index in [1.165, 1.54) is 38.5 Å². The van der Waals surface area contributed by atoms with Crippen LogP contribution in [0.3, 0.4) is 0 Å². The lowest BCUT2D eigenvalue weighted by molar-refractivity contribution is 0.377. The predicted molar refractivity (Wildman–Crippen MR) is 50.6 cm³/mol. The fourth-order valence-electron chi connectivity index (χ4n) is 1.93. The second kappa shape index (κ2) is 3.60. The summed E-state index contributed by atoms with van der Waals surface area (Å²) in [7, 11) is 0. The first-order valence-corrected chi connectivity index (χ1v) is 5.18. The summed E-state index contributed by atoms with van der Waals surface area (Å²) in [5.74, 6) is 0.907. The summed E-state index contributed by atoms with van der Waals surface area (Å²) in [6.07, 6.45) is 8.86. The first kappa shape index (κ1) is 9.09. The molecule has 1 aliphatic rings. The summed E-state index contributed by atoms with van der Waals surface area (Å²) in [6, 6.07) is 0. The van der Waals surface area contributed by atoms with Crippen molar-refractivity contribution in [1.29, 1.82) is 0 Å². The maximum Gasteiger partial charge on any atom is -0.0297 e. The van der Waals surface area contributed by atoms with Gasteiger partial charge >= 0.3 is 0 Å². The van der Waals surface area contributed by atoms with Crippen molar-refractivity contribution in [2.75, 3.05) is 0 Å². The van der Waals surface area contributed by atoms with Crippen LogP contribution in [0, 0.1) is 11.3 Å². The van der Waals surface area contributed by atoms with Crippen molar-refractivity contribution in [2.24, 2.45) is 11.3 Å². The van der Waals surface area contributed by atoms with Crippen molar-refractivity contribution < 1.29 is 0 Å². The van der Waals surface area contributed by atoms with Crippen LogP contribution in [0.25, 0.3) is 0 Å². The molecule has 1 saturated carbocycles. The quantitative estimate of drug-likeness (QED) is 0.561. The number of hydrogen-bond acceptors (Lipinski definition) is 0. The van der Waals surface area contributed by atoms with Crippen LogP contribution in [0.15, 0.2) is 0 Å². The van der Waals surface area contributed by atoms with Crippen LogP contribution in [0.2, 0.25) is 0 Å². The third kappa shape index (κ3) is 2.84. The van der Waals surface area contributed by atoms with Gasteiger partial charge in [0.05, 0.1) is 0 Å². The zero-order chi connectivity index (χ0) is 8.32. The van der Waals surface area contributed by atoms with Gasteiger partial charge < -0.3 is 0 Å². The number of rotatable bonds is 5. The van der Waals surface area contributed by atoms with Gasteiger partial charge in [-0.25, -0.2) is 0 Å². The Bertz CT molecular complexity index is 109. The molecule has 11 heavy (non-hydrogen) atoms. The summed E-state index contributed by atoms with van der Waals surface area (Å²) in [4.78, 5) is 0. The topological polar surface area (TPSA) is 0 Å². The molecular weight excluding hydrogens is 132 g/mol. The van der Waals surface area contributed by atoms with Crippen molar-refractivity contribution in [1.82, 2.24) is 0 Å². The summed E-state index contributed by atoms with van der Waals surface area (Å²) in [5, 5.41) is 0. The first-order chi connectivity index (χ1) is 5.18. The minimum Gasteiger partial charge on any atom is -0.0654 e. The van der Waals surface area contributed by atoms with E-state index in [4.69, 9.17) is 0 Å². The molecule has 0 heterocycles. The van der Waals surface area contributed by atoms with E-state index in [-0.39, 0.29) is 0 Å². The van der Waals surface area contributed by atoms with Gasteiger partial charge in [-0.1, -0.05) is 33.6 Å². The second-order valence-electron chi connectivity index (χ2n) is 4.68. The minimum absolute atomic E-state index is 0.832. The molecule has 1 fully saturated rings. The smallest absolute Gasteiger partial charge is 0.0297 e. The van der Waals surface area contributed by atoms with Crippen LogP contribution in [0.5, 0.6) is 0 Å². The molecule has 0 nitrogen and oxygen atoms in total. The minimum atomic E-state index is 0.832. The van der Waals surface area contributed by atoms with Gasteiger partial charge in [0, 0.05) is 0 Å². The van der Waals surface area contributed by atoms with Gasteiger partial charge in [0.1, 0.15) is 0 Å². The van der Waals surface area contributed by atoms with Crippen LogP contribution in [-0.2, 0) is 0 Å². The highest BCUT2D eigenvalue weighted by Gasteiger charge is 2.40. The van der Waals surface area contributed by atoms with Crippen molar-refractivity contribution in [3.63, 3.8) is 0 Å². The van der Waals surface area contributed by atoms with E-state index < -0.39 is 0 Å². The second-order valence-corrected chi connectivity index (χ2v) is 4.68. The molecule has 66 valence electrons. The van der Waals surface area contributed by atoms with Crippen molar-refractivity contribution in [2.45, 2.75) is 59.3 Å². The van der Waals surface area contributed by atoms with Crippen LogP contribution in [0.1, 0.15) is 59.3 Å². The zero-order valence-electron chi connectivity index (χ0n) is 8.32. The van der Waals surface area contributed by atoms with E-state index in [0.717, 1.165) is 11.3 Å². The molecular formula is C11H22. The fraction of sp³-hybridized carbons (Fsp3) is 1.00. The standard InChI is InChI=1S/C11H22/c1-4-6-11(8-9-11)7-5-10(2)3/h10H,4-9H2,1-3H3. The molecule has 1 aliphatic carbocycles. The van der Waals surface area contributed by atoms with Gasteiger partial charge in [0.2, 0.25) is 0 Å². The van der Waals surface area contributed by atoms with Crippen molar-refractivity contribution in [3.8, 4) is 0 Å². The van der Waals surface area contributed by atoms with E-state index in [0.29, 0.717) is 0 Å². The van der Waals surface area contributed by atoms with Crippen LogP contribution >= 0.6 is 0 Å². The maximum absolute atomic E-state index is 2.34. The highest BCUT2D eigenvalue weighted by molar-refractivity contribution is 4.92. The van der Waals surface area contributed by atoms with Gasteiger partial charge in [0.15, 0.2) is 0 Å². The van der Waals surface area contributed by atoms with E-state index >= 15 is 0 Å². The Hall–Kier alpha value is 0. The van der Waals surface area contributed by atoms with E-state index in [2.05, 4.69) is 20.8 Å². The van der Waals surface area contributed by atoms with E-state index in [1.807, 2.05) is 0 Å². The lowest BCUT2D eigenvalue weighted by Crippen LogP contribution is -2.01. The summed E-state index contributed by atoms with van der Waals surface area (Å²) < 4.78 is 0.